The van der Waals surface area contributed by atoms with Crippen molar-refractivity contribution in [2.75, 3.05) is 6.54 Å². The number of rotatable bonds is 4. The molecule has 1 aromatic rings. The summed E-state index contributed by atoms with van der Waals surface area (Å²) >= 11 is 4.78. The maximum absolute atomic E-state index is 13.5. The standard InChI is InChI=1S/C12H15FN2OS/c1-8(2)15(7-11(14)17)12(16)9-5-3-4-6-10(9)13/h3-6,8H,7H2,1-2H3,(H2,14,17). The highest BCUT2D eigenvalue weighted by atomic mass is 32.1. The number of nitrogens with zero attached hydrogens (tertiary/aromatic N) is 1. The summed E-state index contributed by atoms with van der Waals surface area (Å²) in [5.74, 6) is -0.933. The van der Waals surface area contributed by atoms with Gasteiger partial charge in [0.2, 0.25) is 0 Å². The SMILES string of the molecule is CC(C)N(CC(N)=S)C(=O)c1ccccc1F. The van der Waals surface area contributed by atoms with Gasteiger partial charge < -0.3 is 10.6 Å². The summed E-state index contributed by atoms with van der Waals surface area (Å²) in [6.45, 7) is 3.81. The molecule has 0 spiro atoms. The van der Waals surface area contributed by atoms with Gasteiger partial charge in [-0.1, -0.05) is 24.4 Å². The second-order valence-corrected chi connectivity index (χ2v) is 4.50. The highest BCUT2D eigenvalue weighted by Gasteiger charge is 2.21. The lowest BCUT2D eigenvalue weighted by Gasteiger charge is -2.26. The first-order chi connectivity index (χ1) is 7.93. The predicted octanol–water partition coefficient (Wildman–Crippen LogP) is 1.96. The minimum Gasteiger partial charge on any atom is -0.392 e. The predicted molar refractivity (Wildman–Crippen MR) is 69.4 cm³/mol. The molecule has 1 amide bonds. The molecule has 0 saturated carbocycles. The van der Waals surface area contributed by atoms with E-state index in [1.165, 1.54) is 17.0 Å². The lowest BCUT2D eigenvalue weighted by molar-refractivity contribution is 0.0731. The van der Waals surface area contributed by atoms with Gasteiger partial charge in [0.15, 0.2) is 0 Å². The third kappa shape index (κ3) is 3.49. The van der Waals surface area contributed by atoms with Gasteiger partial charge in [0.05, 0.1) is 17.1 Å². The van der Waals surface area contributed by atoms with Crippen LogP contribution in [-0.2, 0) is 0 Å². The molecule has 0 aliphatic carbocycles. The average molecular weight is 254 g/mol. The van der Waals surface area contributed by atoms with Crippen molar-refractivity contribution in [3.05, 3.63) is 35.6 Å². The summed E-state index contributed by atoms with van der Waals surface area (Å²) in [6.07, 6.45) is 0. The van der Waals surface area contributed by atoms with Crippen molar-refractivity contribution in [3.8, 4) is 0 Å². The van der Waals surface area contributed by atoms with Crippen molar-refractivity contribution < 1.29 is 9.18 Å². The Bertz CT molecular complexity index is 434. The van der Waals surface area contributed by atoms with Gasteiger partial charge in [0.1, 0.15) is 5.82 Å². The van der Waals surface area contributed by atoms with E-state index in [1.807, 2.05) is 13.8 Å². The molecule has 0 aliphatic rings. The second kappa shape index (κ2) is 5.72. The molecule has 5 heteroatoms. The minimum atomic E-state index is -0.536. The van der Waals surface area contributed by atoms with E-state index in [1.54, 1.807) is 12.1 Å². The van der Waals surface area contributed by atoms with Crippen molar-refractivity contribution in [1.82, 2.24) is 4.90 Å². The molecule has 92 valence electrons. The van der Waals surface area contributed by atoms with E-state index in [-0.39, 0.29) is 23.1 Å². The fourth-order valence-electron chi connectivity index (χ4n) is 1.45. The largest absolute Gasteiger partial charge is 0.392 e. The zero-order chi connectivity index (χ0) is 13.0. The van der Waals surface area contributed by atoms with Crippen LogP contribution >= 0.6 is 12.2 Å². The van der Waals surface area contributed by atoms with Crippen molar-refractivity contribution in [2.24, 2.45) is 5.73 Å². The number of benzene rings is 1. The average Bonchev–Trinajstić information content (AvgIpc) is 2.25. The summed E-state index contributed by atoms with van der Waals surface area (Å²) in [4.78, 5) is 13.8. The molecule has 0 saturated heterocycles. The topological polar surface area (TPSA) is 46.3 Å². The lowest BCUT2D eigenvalue weighted by Crippen LogP contribution is -2.42. The molecule has 0 aromatic heterocycles. The second-order valence-electron chi connectivity index (χ2n) is 3.97. The van der Waals surface area contributed by atoms with E-state index in [2.05, 4.69) is 0 Å². The van der Waals surface area contributed by atoms with E-state index in [0.717, 1.165) is 0 Å². The molecule has 0 aliphatic heterocycles. The summed E-state index contributed by atoms with van der Waals surface area (Å²) in [7, 11) is 0. The summed E-state index contributed by atoms with van der Waals surface area (Å²) in [5, 5.41) is 0. The molecule has 0 bridgehead atoms. The quantitative estimate of drug-likeness (QED) is 0.836. The fourth-order valence-corrected chi connectivity index (χ4v) is 1.59. The Balaban J connectivity index is 3.00. The maximum atomic E-state index is 13.5. The number of carbonyl (C=O) groups is 1. The molecule has 2 N–H and O–H groups in total. The zero-order valence-electron chi connectivity index (χ0n) is 9.81. The van der Waals surface area contributed by atoms with Crippen LogP contribution in [0.2, 0.25) is 0 Å². The number of carbonyl (C=O) groups excluding carboxylic acids is 1. The van der Waals surface area contributed by atoms with Crippen molar-refractivity contribution >= 4 is 23.1 Å². The first-order valence-corrected chi connectivity index (χ1v) is 5.68. The number of halogens is 1. The summed E-state index contributed by atoms with van der Waals surface area (Å²) < 4.78 is 13.5. The smallest absolute Gasteiger partial charge is 0.257 e. The van der Waals surface area contributed by atoms with E-state index in [0.29, 0.717) is 0 Å². The molecule has 1 rings (SSSR count). The Morgan fingerprint density at radius 2 is 2.06 bits per heavy atom. The van der Waals surface area contributed by atoms with Gasteiger partial charge in [-0.15, -0.1) is 0 Å². The minimum absolute atomic E-state index is 0.0393. The third-order valence-corrected chi connectivity index (χ3v) is 2.44. The number of nitrogens with two attached hydrogens (primary N) is 1. The van der Waals surface area contributed by atoms with Crippen molar-refractivity contribution in [1.29, 1.82) is 0 Å². The Hall–Kier alpha value is -1.49. The normalized spacial score (nSPS) is 10.4. The molecular weight excluding hydrogens is 239 g/mol. The molecular formula is C12H15FN2OS. The van der Waals surface area contributed by atoms with Crippen LogP contribution < -0.4 is 5.73 Å². The highest BCUT2D eigenvalue weighted by molar-refractivity contribution is 7.80. The van der Waals surface area contributed by atoms with E-state index >= 15 is 0 Å². The van der Waals surface area contributed by atoms with Gasteiger partial charge in [0, 0.05) is 6.04 Å². The van der Waals surface area contributed by atoms with Crippen LogP contribution in [0.15, 0.2) is 24.3 Å². The van der Waals surface area contributed by atoms with Gasteiger partial charge in [-0.05, 0) is 26.0 Å². The number of amides is 1. The molecule has 17 heavy (non-hydrogen) atoms. The van der Waals surface area contributed by atoms with Crippen LogP contribution in [0, 0.1) is 5.82 Å². The van der Waals surface area contributed by atoms with Gasteiger partial charge in [0.25, 0.3) is 5.91 Å². The Morgan fingerprint density at radius 1 is 1.47 bits per heavy atom. The van der Waals surface area contributed by atoms with Gasteiger partial charge in [-0.25, -0.2) is 4.39 Å². The molecule has 0 heterocycles. The van der Waals surface area contributed by atoms with Crippen LogP contribution in [0.1, 0.15) is 24.2 Å². The van der Waals surface area contributed by atoms with Crippen LogP contribution in [0.5, 0.6) is 0 Å². The van der Waals surface area contributed by atoms with Crippen LogP contribution in [0.25, 0.3) is 0 Å². The Kier molecular flexibility index (Phi) is 4.57. The van der Waals surface area contributed by atoms with Crippen molar-refractivity contribution in [3.63, 3.8) is 0 Å². The van der Waals surface area contributed by atoms with Crippen molar-refractivity contribution in [2.45, 2.75) is 19.9 Å². The molecule has 1 aromatic carbocycles. The van der Waals surface area contributed by atoms with Crippen LogP contribution in [0.4, 0.5) is 4.39 Å². The monoisotopic (exact) mass is 254 g/mol. The van der Waals surface area contributed by atoms with Gasteiger partial charge in [-0.3, -0.25) is 4.79 Å². The Labute approximate surface area is 105 Å². The van der Waals surface area contributed by atoms with E-state index in [9.17, 15) is 9.18 Å². The summed E-state index contributed by atoms with van der Waals surface area (Å²) in [5.41, 5.74) is 5.47. The van der Waals surface area contributed by atoms with Crippen LogP contribution in [-0.4, -0.2) is 28.4 Å². The summed E-state index contributed by atoms with van der Waals surface area (Å²) in [6, 6.07) is 5.78. The molecule has 0 radical (unpaired) electrons. The number of hydrogen-bond acceptors (Lipinski definition) is 2. The first kappa shape index (κ1) is 13.6. The number of hydrogen-bond donors (Lipinski definition) is 1. The molecule has 3 nitrogen and oxygen atoms in total. The molecule has 0 unspecified atom stereocenters. The van der Waals surface area contributed by atoms with Crippen LogP contribution in [0.3, 0.4) is 0 Å². The number of thiocarbonyl (C=S) groups is 1. The molecule has 0 atom stereocenters. The zero-order valence-corrected chi connectivity index (χ0v) is 10.6. The lowest BCUT2D eigenvalue weighted by atomic mass is 10.1. The first-order valence-electron chi connectivity index (χ1n) is 5.27. The van der Waals surface area contributed by atoms with E-state index in [4.69, 9.17) is 18.0 Å². The maximum Gasteiger partial charge on any atom is 0.257 e. The fraction of sp³-hybridized carbons (Fsp3) is 0.333. The third-order valence-electron chi connectivity index (χ3n) is 2.31. The van der Waals surface area contributed by atoms with Gasteiger partial charge in [-0.2, -0.15) is 0 Å². The van der Waals surface area contributed by atoms with E-state index < -0.39 is 11.7 Å². The van der Waals surface area contributed by atoms with Gasteiger partial charge >= 0.3 is 0 Å². The molecule has 0 fully saturated rings. The Morgan fingerprint density at radius 3 is 2.53 bits per heavy atom. The highest BCUT2D eigenvalue weighted by Crippen LogP contribution is 2.12.